The first-order valence-corrected chi connectivity index (χ1v) is 21.3. The summed E-state index contributed by atoms with van der Waals surface area (Å²) in [6.07, 6.45) is 16.8. The minimum atomic E-state index is 0.928. The third-order valence-corrected chi connectivity index (χ3v) is 12.8. The third kappa shape index (κ3) is 6.16. The van der Waals surface area contributed by atoms with Crippen molar-refractivity contribution in [1.82, 2.24) is 9.55 Å². The van der Waals surface area contributed by atoms with Crippen LogP contribution < -0.4 is 4.90 Å². The van der Waals surface area contributed by atoms with Crippen LogP contribution in [0.1, 0.15) is 41.3 Å². The zero-order valence-corrected chi connectivity index (χ0v) is 34.4. The molecule has 10 rings (SSSR count). The smallest absolute Gasteiger partial charge is 0.0895 e. The van der Waals surface area contributed by atoms with Crippen LogP contribution in [0.5, 0.6) is 0 Å². The van der Waals surface area contributed by atoms with Gasteiger partial charge in [-0.25, -0.2) is 4.98 Å². The first kappa shape index (κ1) is 37.0. The molecule has 1 aliphatic carbocycles. The van der Waals surface area contributed by atoms with E-state index in [1.165, 1.54) is 22.2 Å². The van der Waals surface area contributed by atoms with Gasteiger partial charge in [-0.15, -0.1) is 11.3 Å². The lowest BCUT2D eigenvalue weighted by Gasteiger charge is -2.30. The van der Waals surface area contributed by atoms with E-state index < -0.39 is 0 Å². The van der Waals surface area contributed by atoms with Crippen molar-refractivity contribution in [3.8, 4) is 16.9 Å². The number of pyridine rings is 1. The molecule has 1 aliphatic rings. The number of nitrogens with zero attached hydrogens (tertiary/aromatic N) is 3. The van der Waals surface area contributed by atoms with Gasteiger partial charge in [0.1, 0.15) is 0 Å². The Kier molecular flexibility index (Phi) is 9.55. The van der Waals surface area contributed by atoms with Gasteiger partial charge < -0.3 is 9.47 Å². The SMILES string of the molecule is C=C/C(=C(\C=C)N(c1ccc2c(c1)sc1ccc(-c3ccccc3)nc12)c1cc(/C=C\C)c(C=C)c2ccccc12)c1cccc(-n2c3c(c4ccccc42)C=CCC3)c1. The normalized spacial score (nSPS) is 12.9. The summed E-state index contributed by atoms with van der Waals surface area (Å²) < 4.78 is 4.76. The van der Waals surface area contributed by atoms with E-state index in [4.69, 9.17) is 4.98 Å². The van der Waals surface area contributed by atoms with E-state index >= 15 is 0 Å². The lowest BCUT2D eigenvalue weighted by Crippen LogP contribution is -2.17. The van der Waals surface area contributed by atoms with Crippen LogP contribution in [0.3, 0.4) is 0 Å². The number of allylic oxidation sites excluding steroid dienone is 5. The number of hydrogen-bond acceptors (Lipinski definition) is 3. The largest absolute Gasteiger partial charge is 0.313 e. The summed E-state index contributed by atoms with van der Waals surface area (Å²) in [7, 11) is 0. The van der Waals surface area contributed by atoms with Crippen molar-refractivity contribution < 1.29 is 0 Å². The average Bonchev–Trinajstić information content (AvgIpc) is 3.84. The molecule has 0 saturated carbocycles. The average molecular weight is 790 g/mol. The molecule has 0 aliphatic heterocycles. The van der Waals surface area contributed by atoms with Crippen molar-refractivity contribution >= 4 is 88.5 Å². The Labute approximate surface area is 355 Å². The van der Waals surface area contributed by atoms with Gasteiger partial charge in [-0.05, 0) is 103 Å². The Bertz CT molecular complexity index is 3280. The Balaban J connectivity index is 1.22. The van der Waals surface area contributed by atoms with Gasteiger partial charge in [0, 0.05) is 54.6 Å². The van der Waals surface area contributed by atoms with Crippen LogP contribution in [0, 0.1) is 0 Å². The van der Waals surface area contributed by atoms with Crippen LogP contribution in [0.2, 0.25) is 0 Å². The fourth-order valence-electron chi connectivity index (χ4n) is 9.05. The number of thiophene rings is 1. The zero-order chi connectivity index (χ0) is 40.7. The molecule has 0 radical (unpaired) electrons. The highest BCUT2D eigenvalue weighted by atomic mass is 32.1. The van der Waals surface area contributed by atoms with Crippen molar-refractivity contribution in [2.45, 2.75) is 19.8 Å². The second-order valence-electron chi connectivity index (χ2n) is 15.1. The van der Waals surface area contributed by atoms with Gasteiger partial charge in [-0.2, -0.15) is 0 Å². The first-order valence-electron chi connectivity index (χ1n) is 20.5. The van der Waals surface area contributed by atoms with Crippen LogP contribution in [0.4, 0.5) is 11.4 Å². The summed E-state index contributed by atoms with van der Waals surface area (Å²) in [5, 5.41) is 4.66. The monoisotopic (exact) mass is 789 g/mol. The second kappa shape index (κ2) is 15.5. The molecule has 4 heteroatoms. The van der Waals surface area contributed by atoms with E-state index in [0.29, 0.717) is 0 Å². The van der Waals surface area contributed by atoms with E-state index in [-0.39, 0.29) is 0 Å². The molecule has 0 spiro atoms. The van der Waals surface area contributed by atoms with Gasteiger partial charge in [-0.3, -0.25) is 0 Å². The van der Waals surface area contributed by atoms with E-state index in [1.807, 2.05) is 24.3 Å². The van der Waals surface area contributed by atoms with Gasteiger partial charge in [0.05, 0.1) is 32.8 Å². The zero-order valence-electron chi connectivity index (χ0n) is 33.6. The van der Waals surface area contributed by atoms with Gasteiger partial charge in [0.25, 0.3) is 0 Å². The Morgan fingerprint density at radius 2 is 1.53 bits per heavy atom. The van der Waals surface area contributed by atoms with Crippen molar-refractivity contribution in [1.29, 1.82) is 0 Å². The molecule has 0 saturated heterocycles. The molecule has 288 valence electrons. The van der Waals surface area contributed by atoms with E-state index in [2.05, 4.69) is 194 Å². The molecule has 3 aromatic heterocycles. The van der Waals surface area contributed by atoms with Crippen molar-refractivity contribution in [2.24, 2.45) is 0 Å². The van der Waals surface area contributed by atoms with E-state index in [0.717, 1.165) is 100 Å². The van der Waals surface area contributed by atoms with Crippen LogP contribution in [0.25, 0.3) is 82.7 Å². The van der Waals surface area contributed by atoms with Crippen LogP contribution in [-0.2, 0) is 6.42 Å². The first-order chi connectivity index (χ1) is 29.6. The summed E-state index contributed by atoms with van der Waals surface area (Å²) in [6.45, 7) is 15.3. The molecule has 0 atom stereocenters. The van der Waals surface area contributed by atoms with Crippen LogP contribution in [-0.4, -0.2) is 9.55 Å². The van der Waals surface area contributed by atoms with Crippen LogP contribution >= 0.6 is 11.3 Å². The fraction of sp³-hybridized carbons (Fsp3) is 0.0536. The molecule has 0 bridgehead atoms. The standard InChI is InChI=1S/C56H43N3S/c1-5-19-38-35-53(45-25-13-12-24-44(45)42(38)6-2)58(41-30-31-48-55(36-41)60-54-33-32-49(57-56(48)54)37-20-10-9-11-21-37)50(8-4)43(7-3)39-22-18-23-40(34-39)59-51-28-16-14-26-46(51)47-27-15-17-29-52(47)59/h5-16,18-28,30-36H,2-4,17,29H2,1H3/b19-5-,50-43-. The fourth-order valence-corrected chi connectivity index (χ4v) is 10.1. The number of hydrogen-bond donors (Lipinski definition) is 0. The molecular weight excluding hydrogens is 747 g/mol. The summed E-state index contributed by atoms with van der Waals surface area (Å²) in [5.74, 6) is 0. The number of anilines is 2. The molecule has 9 aromatic rings. The van der Waals surface area contributed by atoms with Gasteiger partial charge in [0.2, 0.25) is 0 Å². The van der Waals surface area contributed by atoms with Crippen molar-refractivity contribution in [3.63, 3.8) is 0 Å². The predicted molar refractivity (Wildman–Crippen MR) is 261 cm³/mol. The number of aromatic nitrogens is 2. The molecule has 3 heterocycles. The minimum Gasteiger partial charge on any atom is -0.313 e. The Morgan fingerprint density at radius 3 is 2.33 bits per heavy atom. The van der Waals surface area contributed by atoms with Crippen molar-refractivity contribution in [2.75, 3.05) is 4.90 Å². The molecule has 0 unspecified atom stereocenters. The third-order valence-electron chi connectivity index (χ3n) is 11.7. The highest BCUT2D eigenvalue weighted by Gasteiger charge is 2.24. The van der Waals surface area contributed by atoms with Gasteiger partial charge >= 0.3 is 0 Å². The topological polar surface area (TPSA) is 21.1 Å². The summed E-state index contributed by atoms with van der Waals surface area (Å²) in [5.41, 5.74) is 15.3. The maximum Gasteiger partial charge on any atom is 0.0895 e. The molecule has 6 aromatic carbocycles. The quantitative estimate of drug-likeness (QED) is 0.129. The molecule has 0 amide bonds. The molecule has 0 N–H and O–H groups in total. The van der Waals surface area contributed by atoms with Gasteiger partial charge in [-0.1, -0.05) is 141 Å². The Hall–Kier alpha value is -7.27. The maximum absolute atomic E-state index is 5.20. The number of benzene rings is 6. The number of para-hydroxylation sites is 1. The maximum atomic E-state index is 5.20. The highest BCUT2D eigenvalue weighted by Crippen LogP contribution is 2.45. The minimum absolute atomic E-state index is 0.928. The summed E-state index contributed by atoms with van der Waals surface area (Å²) in [4.78, 5) is 7.57. The Morgan fingerprint density at radius 1 is 0.733 bits per heavy atom. The lowest BCUT2D eigenvalue weighted by atomic mass is 9.94. The number of fused-ring (bicyclic) bond motifs is 7. The second-order valence-corrected chi connectivity index (χ2v) is 16.2. The van der Waals surface area contributed by atoms with E-state index in [1.54, 1.807) is 11.3 Å². The van der Waals surface area contributed by atoms with Crippen LogP contribution in [0.15, 0.2) is 189 Å². The number of rotatable bonds is 10. The van der Waals surface area contributed by atoms with E-state index in [9.17, 15) is 0 Å². The molecule has 3 nitrogen and oxygen atoms in total. The summed E-state index contributed by atoms with van der Waals surface area (Å²) >= 11 is 1.77. The molecule has 60 heavy (non-hydrogen) atoms. The summed E-state index contributed by atoms with van der Waals surface area (Å²) in [6, 6.07) is 50.0. The van der Waals surface area contributed by atoms with Gasteiger partial charge in [0.15, 0.2) is 0 Å². The predicted octanol–water partition coefficient (Wildman–Crippen LogP) is 15.8. The lowest BCUT2D eigenvalue weighted by molar-refractivity contribution is 0.888. The van der Waals surface area contributed by atoms with Crippen molar-refractivity contribution in [3.05, 3.63) is 217 Å². The highest BCUT2D eigenvalue weighted by molar-refractivity contribution is 7.25. The molecular formula is C56H43N3S. The molecule has 0 fully saturated rings.